The number of aliphatic carboxylic acids is 1. The van der Waals surface area contributed by atoms with Crippen LogP contribution < -0.4 is 10.1 Å². The number of ether oxygens (including phenoxy) is 1. The lowest BCUT2D eigenvalue weighted by Crippen LogP contribution is -2.32. The van der Waals surface area contributed by atoms with E-state index in [1.165, 1.54) is 0 Å². The SMILES string of the molecule is COc1ccc(-c2ccccc2C2NC(=O)N(CCC(=O)O)C2=O)cc1. The van der Waals surface area contributed by atoms with Crippen LogP contribution in [-0.4, -0.2) is 41.6 Å². The molecule has 0 aromatic heterocycles. The van der Waals surface area contributed by atoms with Crippen molar-refractivity contribution in [1.29, 1.82) is 0 Å². The predicted molar refractivity (Wildman–Crippen MR) is 93.7 cm³/mol. The molecule has 1 unspecified atom stereocenters. The van der Waals surface area contributed by atoms with Crippen LogP contribution in [0.25, 0.3) is 11.1 Å². The fraction of sp³-hybridized carbons (Fsp3) is 0.211. The zero-order valence-electron chi connectivity index (χ0n) is 14.1. The van der Waals surface area contributed by atoms with Crippen molar-refractivity contribution in [2.75, 3.05) is 13.7 Å². The molecular formula is C19H18N2O5. The van der Waals surface area contributed by atoms with E-state index in [1.807, 2.05) is 36.4 Å². The van der Waals surface area contributed by atoms with Gasteiger partial charge < -0.3 is 15.2 Å². The van der Waals surface area contributed by atoms with E-state index in [1.54, 1.807) is 19.2 Å². The molecule has 1 heterocycles. The third-order valence-electron chi connectivity index (χ3n) is 4.25. The third-order valence-corrected chi connectivity index (χ3v) is 4.25. The van der Waals surface area contributed by atoms with Crippen LogP contribution in [0, 0.1) is 0 Å². The minimum atomic E-state index is -1.06. The molecule has 0 aliphatic carbocycles. The fourth-order valence-electron chi connectivity index (χ4n) is 2.93. The molecular weight excluding hydrogens is 336 g/mol. The van der Waals surface area contributed by atoms with Gasteiger partial charge in [0.25, 0.3) is 5.91 Å². The number of hydrogen-bond acceptors (Lipinski definition) is 4. The zero-order valence-corrected chi connectivity index (χ0v) is 14.1. The molecule has 1 aliphatic heterocycles. The first-order valence-electron chi connectivity index (χ1n) is 8.08. The van der Waals surface area contributed by atoms with Crippen LogP contribution in [0.2, 0.25) is 0 Å². The molecule has 7 nitrogen and oxygen atoms in total. The van der Waals surface area contributed by atoms with Crippen LogP contribution >= 0.6 is 0 Å². The van der Waals surface area contributed by atoms with Gasteiger partial charge in [0, 0.05) is 6.54 Å². The van der Waals surface area contributed by atoms with Gasteiger partial charge in [0.05, 0.1) is 13.5 Å². The summed E-state index contributed by atoms with van der Waals surface area (Å²) in [7, 11) is 1.58. The Kier molecular flexibility index (Phi) is 4.88. The predicted octanol–water partition coefficient (Wildman–Crippen LogP) is 2.43. The molecule has 7 heteroatoms. The number of urea groups is 1. The second kappa shape index (κ2) is 7.26. The smallest absolute Gasteiger partial charge is 0.325 e. The van der Waals surface area contributed by atoms with Gasteiger partial charge in [-0.1, -0.05) is 36.4 Å². The summed E-state index contributed by atoms with van der Waals surface area (Å²) in [5.74, 6) is -0.791. The second-order valence-electron chi connectivity index (χ2n) is 5.83. The number of amides is 3. The molecule has 1 fully saturated rings. The second-order valence-corrected chi connectivity index (χ2v) is 5.83. The van der Waals surface area contributed by atoms with Crippen molar-refractivity contribution in [2.45, 2.75) is 12.5 Å². The summed E-state index contributed by atoms with van der Waals surface area (Å²) in [6.45, 7) is -0.152. The minimum Gasteiger partial charge on any atom is -0.497 e. The summed E-state index contributed by atoms with van der Waals surface area (Å²) >= 11 is 0. The normalized spacial score (nSPS) is 16.5. The minimum absolute atomic E-state index is 0.152. The Morgan fingerprint density at radius 2 is 1.85 bits per heavy atom. The average molecular weight is 354 g/mol. The van der Waals surface area contributed by atoms with Crippen molar-refractivity contribution in [1.82, 2.24) is 10.2 Å². The number of hydrogen-bond donors (Lipinski definition) is 2. The van der Waals surface area contributed by atoms with E-state index in [-0.39, 0.29) is 13.0 Å². The molecule has 0 spiro atoms. The molecule has 0 saturated carbocycles. The van der Waals surface area contributed by atoms with Crippen molar-refractivity contribution in [2.24, 2.45) is 0 Å². The van der Waals surface area contributed by atoms with E-state index in [9.17, 15) is 14.4 Å². The lowest BCUT2D eigenvalue weighted by atomic mass is 9.94. The Morgan fingerprint density at radius 3 is 2.50 bits per heavy atom. The number of methoxy groups -OCH3 is 1. The Bertz CT molecular complexity index is 847. The van der Waals surface area contributed by atoms with Gasteiger partial charge in [-0.15, -0.1) is 0 Å². The Hall–Kier alpha value is -3.35. The van der Waals surface area contributed by atoms with Gasteiger partial charge in [-0.05, 0) is 28.8 Å². The van der Waals surface area contributed by atoms with Crippen LogP contribution in [0.3, 0.4) is 0 Å². The summed E-state index contributed by atoms with van der Waals surface area (Å²) in [4.78, 5) is 36.4. The van der Waals surface area contributed by atoms with Crippen molar-refractivity contribution < 1.29 is 24.2 Å². The first-order chi connectivity index (χ1) is 12.5. The number of rotatable bonds is 6. The van der Waals surface area contributed by atoms with Gasteiger partial charge in [0.15, 0.2) is 0 Å². The molecule has 2 aromatic carbocycles. The van der Waals surface area contributed by atoms with Gasteiger partial charge >= 0.3 is 12.0 Å². The van der Waals surface area contributed by atoms with E-state index in [4.69, 9.17) is 9.84 Å². The molecule has 1 atom stereocenters. The van der Waals surface area contributed by atoms with Gasteiger partial charge in [-0.2, -0.15) is 0 Å². The molecule has 1 aliphatic rings. The molecule has 1 saturated heterocycles. The highest BCUT2D eigenvalue weighted by Crippen LogP contribution is 2.32. The fourth-order valence-corrected chi connectivity index (χ4v) is 2.93. The molecule has 3 rings (SSSR count). The van der Waals surface area contributed by atoms with E-state index in [0.717, 1.165) is 21.8 Å². The van der Waals surface area contributed by atoms with Crippen molar-refractivity contribution >= 4 is 17.9 Å². The number of carbonyl (C=O) groups excluding carboxylic acids is 2. The van der Waals surface area contributed by atoms with Crippen LogP contribution in [0.15, 0.2) is 48.5 Å². The number of nitrogens with zero attached hydrogens (tertiary/aromatic N) is 1. The first-order valence-corrected chi connectivity index (χ1v) is 8.08. The van der Waals surface area contributed by atoms with Gasteiger partial charge in [0.1, 0.15) is 11.8 Å². The number of carboxylic acids is 1. The molecule has 26 heavy (non-hydrogen) atoms. The maximum atomic E-state index is 12.6. The number of benzene rings is 2. The summed E-state index contributed by atoms with van der Waals surface area (Å²) in [5, 5.41) is 11.4. The van der Waals surface area contributed by atoms with Gasteiger partial charge in [0.2, 0.25) is 0 Å². The van der Waals surface area contributed by atoms with Crippen LogP contribution in [0.4, 0.5) is 4.79 Å². The van der Waals surface area contributed by atoms with Crippen LogP contribution in [0.5, 0.6) is 5.75 Å². The van der Waals surface area contributed by atoms with Crippen molar-refractivity contribution in [3.63, 3.8) is 0 Å². The molecule has 3 amide bonds. The Balaban J connectivity index is 1.91. The van der Waals surface area contributed by atoms with Crippen molar-refractivity contribution in [3.05, 3.63) is 54.1 Å². The standard InChI is InChI=1S/C19H18N2O5/c1-26-13-8-6-12(7-9-13)14-4-2-3-5-15(14)17-18(24)21(19(25)20-17)11-10-16(22)23/h2-9,17H,10-11H2,1H3,(H,20,25)(H,22,23). The summed E-state index contributed by atoms with van der Waals surface area (Å²) in [6.07, 6.45) is -0.286. The molecule has 2 aromatic rings. The molecule has 2 N–H and O–H groups in total. The first kappa shape index (κ1) is 17.5. The molecule has 0 radical (unpaired) electrons. The third kappa shape index (κ3) is 3.37. The maximum absolute atomic E-state index is 12.6. The van der Waals surface area contributed by atoms with E-state index < -0.39 is 23.9 Å². The highest BCUT2D eigenvalue weighted by atomic mass is 16.5. The Morgan fingerprint density at radius 1 is 1.15 bits per heavy atom. The quantitative estimate of drug-likeness (QED) is 0.777. The van der Waals surface area contributed by atoms with E-state index in [2.05, 4.69) is 5.32 Å². The summed E-state index contributed by atoms with van der Waals surface area (Å²) < 4.78 is 5.16. The number of nitrogens with one attached hydrogen (secondary N) is 1. The van der Waals surface area contributed by atoms with Crippen LogP contribution in [-0.2, 0) is 9.59 Å². The highest BCUT2D eigenvalue weighted by molar-refractivity contribution is 6.05. The summed E-state index contributed by atoms with van der Waals surface area (Å²) in [6, 6.07) is 13.3. The van der Waals surface area contributed by atoms with Gasteiger partial charge in [-0.25, -0.2) is 4.79 Å². The van der Waals surface area contributed by atoms with Crippen LogP contribution in [0.1, 0.15) is 18.0 Å². The van der Waals surface area contributed by atoms with E-state index >= 15 is 0 Å². The monoisotopic (exact) mass is 354 g/mol. The molecule has 134 valence electrons. The lowest BCUT2D eigenvalue weighted by Gasteiger charge is -2.15. The maximum Gasteiger partial charge on any atom is 0.325 e. The zero-order chi connectivity index (χ0) is 18.7. The molecule has 0 bridgehead atoms. The highest BCUT2D eigenvalue weighted by Gasteiger charge is 2.39. The Labute approximate surface area is 150 Å². The average Bonchev–Trinajstić information content (AvgIpc) is 2.94. The number of imide groups is 1. The van der Waals surface area contributed by atoms with E-state index in [0.29, 0.717) is 5.56 Å². The number of carboxylic acid groups (broad SMARTS) is 1. The van der Waals surface area contributed by atoms with Crippen molar-refractivity contribution in [3.8, 4) is 16.9 Å². The largest absolute Gasteiger partial charge is 0.497 e. The van der Waals surface area contributed by atoms with Gasteiger partial charge in [-0.3, -0.25) is 14.5 Å². The summed E-state index contributed by atoms with van der Waals surface area (Å²) in [5.41, 5.74) is 2.36. The number of carbonyl (C=O) groups is 3. The topological polar surface area (TPSA) is 95.9 Å². The lowest BCUT2D eigenvalue weighted by molar-refractivity contribution is -0.137.